The lowest BCUT2D eigenvalue weighted by molar-refractivity contribution is -0.157. The standard InChI is InChI=1S/C11H20N2O4.C2H6/c1-5-10(15)13(8(4)14)9(11(16)17)6-12-7(2)3;1-2/h7,9,12H,5-6H2,1-4H3,(H,16,17);1-2H3. The molecular weight excluding hydrogens is 248 g/mol. The van der Waals surface area contributed by atoms with E-state index in [-0.39, 0.29) is 19.0 Å². The van der Waals surface area contributed by atoms with Crippen LogP contribution in [-0.2, 0) is 14.4 Å². The lowest BCUT2D eigenvalue weighted by atomic mass is 10.2. The summed E-state index contributed by atoms with van der Waals surface area (Å²) in [5.41, 5.74) is 0. The molecule has 6 nitrogen and oxygen atoms in total. The smallest absolute Gasteiger partial charge is 0.328 e. The van der Waals surface area contributed by atoms with Gasteiger partial charge < -0.3 is 10.4 Å². The summed E-state index contributed by atoms with van der Waals surface area (Å²) in [4.78, 5) is 34.8. The van der Waals surface area contributed by atoms with Gasteiger partial charge in [-0.1, -0.05) is 34.6 Å². The largest absolute Gasteiger partial charge is 0.480 e. The Bertz CT molecular complexity index is 303. The molecule has 0 saturated heterocycles. The van der Waals surface area contributed by atoms with Gasteiger partial charge in [0.15, 0.2) is 0 Å². The Kier molecular flexibility index (Phi) is 11.0. The molecule has 0 heterocycles. The molecule has 112 valence electrons. The van der Waals surface area contributed by atoms with Gasteiger partial charge in [0, 0.05) is 25.9 Å². The lowest BCUT2D eigenvalue weighted by Crippen LogP contribution is -2.53. The summed E-state index contributed by atoms with van der Waals surface area (Å²) in [5.74, 6) is -2.21. The highest BCUT2D eigenvalue weighted by Crippen LogP contribution is 2.04. The third-order valence-electron chi connectivity index (χ3n) is 2.23. The number of nitrogens with one attached hydrogen (secondary N) is 1. The second-order valence-corrected chi connectivity index (χ2v) is 4.05. The first-order valence-electron chi connectivity index (χ1n) is 6.60. The summed E-state index contributed by atoms with van der Waals surface area (Å²) in [5, 5.41) is 12.0. The van der Waals surface area contributed by atoms with Crippen molar-refractivity contribution < 1.29 is 19.5 Å². The van der Waals surface area contributed by atoms with Crippen molar-refractivity contribution in [3.63, 3.8) is 0 Å². The molecule has 0 aromatic rings. The van der Waals surface area contributed by atoms with E-state index in [4.69, 9.17) is 5.11 Å². The topological polar surface area (TPSA) is 86.7 Å². The van der Waals surface area contributed by atoms with Gasteiger partial charge in [-0.05, 0) is 0 Å². The molecule has 0 aliphatic rings. The number of amides is 2. The second-order valence-electron chi connectivity index (χ2n) is 4.05. The van der Waals surface area contributed by atoms with Crippen LogP contribution in [0, 0.1) is 0 Å². The number of carbonyl (C=O) groups excluding carboxylic acids is 2. The van der Waals surface area contributed by atoms with Crippen LogP contribution in [-0.4, -0.2) is 46.4 Å². The minimum Gasteiger partial charge on any atom is -0.480 e. The Labute approximate surface area is 115 Å². The maximum absolute atomic E-state index is 11.6. The van der Waals surface area contributed by atoms with Crippen molar-refractivity contribution in [2.24, 2.45) is 0 Å². The van der Waals surface area contributed by atoms with Crippen molar-refractivity contribution in [1.82, 2.24) is 10.2 Å². The molecule has 19 heavy (non-hydrogen) atoms. The van der Waals surface area contributed by atoms with E-state index in [1.165, 1.54) is 6.92 Å². The van der Waals surface area contributed by atoms with Crippen LogP contribution in [0.5, 0.6) is 0 Å². The second kappa shape index (κ2) is 10.5. The summed E-state index contributed by atoms with van der Waals surface area (Å²) in [7, 11) is 0. The van der Waals surface area contributed by atoms with E-state index in [1.807, 2.05) is 27.7 Å². The summed E-state index contributed by atoms with van der Waals surface area (Å²) in [6.45, 7) is 10.6. The maximum atomic E-state index is 11.6. The van der Waals surface area contributed by atoms with E-state index in [0.717, 1.165) is 4.90 Å². The van der Waals surface area contributed by atoms with E-state index < -0.39 is 23.8 Å². The first-order chi connectivity index (χ1) is 8.81. The molecule has 6 heteroatoms. The predicted octanol–water partition coefficient (Wildman–Crippen LogP) is 1.25. The number of rotatable bonds is 6. The van der Waals surface area contributed by atoms with Gasteiger partial charge in [-0.25, -0.2) is 4.79 Å². The zero-order chi connectivity index (χ0) is 15.6. The number of hydrogen-bond donors (Lipinski definition) is 2. The summed E-state index contributed by atoms with van der Waals surface area (Å²) in [6.07, 6.45) is 0.102. The Morgan fingerprint density at radius 1 is 1.21 bits per heavy atom. The van der Waals surface area contributed by atoms with E-state index in [2.05, 4.69) is 5.32 Å². The summed E-state index contributed by atoms with van der Waals surface area (Å²) >= 11 is 0. The van der Waals surface area contributed by atoms with Crippen molar-refractivity contribution in [3.05, 3.63) is 0 Å². The number of hydrogen-bond acceptors (Lipinski definition) is 4. The quantitative estimate of drug-likeness (QED) is 0.761. The Morgan fingerprint density at radius 2 is 1.68 bits per heavy atom. The van der Waals surface area contributed by atoms with Crippen molar-refractivity contribution in [2.75, 3.05) is 6.54 Å². The van der Waals surface area contributed by atoms with Crippen molar-refractivity contribution >= 4 is 17.8 Å². The number of carboxylic acids is 1. The first-order valence-corrected chi connectivity index (χ1v) is 6.60. The Hall–Kier alpha value is -1.43. The highest BCUT2D eigenvalue weighted by molar-refractivity contribution is 5.98. The van der Waals surface area contributed by atoms with Gasteiger partial charge in [-0.2, -0.15) is 0 Å². The highest BCUT2D eigenvalue weighted by atomic mass is 16.4. The van der Waals surface area contributed by atoms with Crippen molar-refractivity contribution in [2.45, 2.75) is 60.0 Å². The normalized spacial score (nSPS) is 11.3. The minimum atomic E-state index is -1.19. The van der Waals surface area contributed by atoms with E-state index in [0.29, 0.717) is 0 Å². The molecule has 0 bridgehead atoms. The van der Waals surface area contributed by atoms with E-state index in [9.17, 15) is 14.4 Å². The van der Waals surface area contributed by atoms with Gasteiger partial charge in [-0.15, -0.1) is 0 Å². The number of aliphatic carboxylic acids is 1. The summed E-state index contributed by atoms with van der Waals surface area (Å²) < 4.78 is 0. The van der Waals surface area contributed by atoms with Crippen LogP contribution >= 0.6 is 0 Å². The zero-order valence-electron chi connectivity index (χ0n) is 12.7. The maximum Gasteiger partial charge on any atom is 0.328 e. The molecule has 0 saturated carbocycles. The molecule has 0 aliphatic carbocycles. The SMILES string of the molecule is CC.CCC(=O)N(C(C)=O)C(CNC(C)C)C(=O)O. The number of nitrogens with zero attached hydrogens (tertiary/aromatic N) is 1. The van der Waals surface area contributed by atoms with Gasteiger partial charge in [0.05, 0.1) is 0 Å². The predicted molar refractivity (Wildman–Crippen MR) is 73.7 cm³/mol. The monoisotopic (exact) mass is 274 g/mol. The summed E-state index contributed by atoms with van der Waals surface area (Å²) in [6, 6.07) is -1.07. The van der Waals surface area contributed by atoms with Crippen LogP contribution in [0.1, 0.15) is 48.0 Å². The third-order valence-corrected chi connectivity index (χ3v) is 2.23. The Balaban J connectivity index is 0. The lowest BCUT2D eigenvalue weighted by Gasteiger charge is -2.26. The average Bonchev–Trinajstić information content (AvgIpc) is 2.34. The average molecular weight is 274 g/mol. The molecule has 0 aromatic carbocycles. The Morgan fingerprint density at radius 3 is 1.95 bits per heavy atom. The molecule has 0 aliphatic heterocycles. The van der Waals surface area contributed by atoms with Crippen molar-refractivity contribution in [1.29, 1.82) is 0 Å². The van der Waals surface area contributed by atoms with Crippen LogP contribution in [0.25, 0.3) is 0 Å². The molecule has 0 aromatic heterocycles. The molecule has 1 unspecified atom stereocenters. The number of imide groups is 1. The van der Waals surface area contributed by atoms with Crippen LogP contribution in [0.15, 0.2) is 0 Å². The molecule has 0 fully saturated rings. The molecule has 2 amide bonds. The molecule has 0 spiro atoms. The molecule has 1 atom stereocenters. The highest BCUT2D eigenvalue weighted by Gasteiger charge is 2.31. The van der Waals surface area contributed by atoms with E-state index >= 15 is 0 Å². The fourth-order valence-electron chi connectivity index (χ4n) is 1.38. The van der Waals surface area contributed by atoms with Gasteiger partial charge >= 0.3 is 5.97 Å². The van der Waals surface area contributed by atoms with Gasteiger partial charge in [-0.3, -0.25) is 14.5 Å². The molecule has 0 radical (unpaired) electrons. The number of carbonyl (C=O) groups is 3. The van der Waals surface area contributed by atoms with Gasteiger partial charge in [0.1, 0.15) is 6.04 Å². The third kappa shape index (κ3) is 7.56. The molecule has 0 rings (SSSR count). The fourth-order valence-corrected chi connectivity index (χ4v) is 1.38. The van der Waals surface area contributed by atoms with Gasteiger partial charge in [0.25, 0.3) is 0 Å². The van der Waals surface area contributed by atoms with Crippen LogP contribution in [0.4, 0.5) is 0 Å². The van der Waals surface area contributed by atoms with Crippen LogP contribution in [0.2, 0.25) is 0 Å². The minimum absolute atomic E-state index is 0.0539. The molecular formula is C13H26N2O4. The van der Waals surface area contributed by atoms with Crippen LogP contribution < -0.4 is 5.32 Å². The van der Waals surface area contributed by atoms with Crippen LogP contribution in [0.3, 0.4) is 0 Å². The van der Waals surface area contributed by atoms with Crippen molar-refractivity contribution in [3.8, 4) is 0 Å². The zero-order valence-corrected chi connectivity index (χ0v) is 12.7. The molecule has 2 N–H and O–H groups in total. The fraction of sp³-hybridized carbons (Fsp3) is 0.769. The number of carboxylic acid groups (broad SMARTS) is 1. The van der Waals surface area contributed by atoms with E-state index in [1.54, 1.807) is 6.92 Å². The first kappa shape index (κ1) is 19.9. The van der Waals surface area contributed by atoms with Gasteiger partial charge in [0.2, 0.25) is 11.8 Å².